The third-order valence-electron chi connectivity index (χ3n) is 3.85. The Hall–Kier alpha value is -0.920. The lowest BCUT2D eigenvalue weighted by Crippen LogP contribution is -2.33. The molecule has 1 aromatic heterocycles. The van der Waals surface area contributed by atoms with Crippen LogP contribution < -0.4 is 10.9 Å². The SMILES string of the molecule is COCC(CNc1c(Br)cnn(CC2CCC2)c1=O)OC. The van der Waals surface area contributed by atoms with Crippen molar-refractivity contribution in [3.05, 3.63) is 21.0 Å². The van der Waals surface area contributed by atoms with Gasteiger partial charge in [0.15, 0.2) is 0 Å². The van der Waals surface area contributed by atoms with E-state index in [-0.39, 0.29) is 11.7 Å². The summed E-state index contributed by atoms with van der Waals surface area (Å²) in [5, 5.41) is 7.35. The number of rotatable bonds is 8. The summed E-state index contributed by atoms with van der Waals surface area (Å²) in [7, 11) is 3.25. The summed E-state index contributed by atoms with van der Waals surface area (Å²) >= 11 is 3.38. The van der Waals surface area contributed by atoms with Crippen molar-refractivity contribution in [1.29, 1.82) is 0 Å². The molecule has 0 amide bonds. The van der Waals surface area contributed by atoms with Gasteiger partial charge in [-0.3, -0.25) is 4.79 Å². The number of hydrogen-bond donors (Lipinski definition) is 1. The van der Waals surface area contributed by atoms with Crippen molar-refractivity contribution >= 4 is 21.6 Å². The number of anilines is 1. The first-order valence-corrected chi connectivity index (χ1v) is 7.96. The fraction of sp³-hybridized carbons (Fsp3) is 0.714. The number of halogens is 1. The average molecular weight is 360 g/mol. The fourth-order valence-electron chi connectivity index (χ4n) is 2.29. The van der Waals surface area contributed by atoms with Gasteiger partial charge in [-0.25, -0.2) is 4.68 Å². The number of methoxy groups -OCH3 is 2. The van der Waals surface area contributed by atoms with Gasteiger partial charge in [0.1, 0.15) is 5.69 Å². The summed E-state index contributed by atoms with van der Waals surface area (Å²) in [5.74, 6) is 0.587. The van der Waals surface area contributed by atoms with E-state index in [1.54, 1.807) is 25.1 Å². The Bertz CT molecular complexity index is 517. The first-order chi connectivity index (χ1) is 10.2. The van der Waals surface area contributed by atoms with Crippen LogP contribution in [0.3, 0.4) is 0 Å². The van der Waals surface area contributed by atoms with Crippen LogP contribution in [0.1, 0.15) is 19.3 Å². The lowest BCUT2D eigenvalue weighted by molar-refractivity contribution is 0.0365. The molecule has 1 aliphatic carbocycles. The molecule has 1 unspecified atom stereocenters. The Morgan fingerprint density at radius 2 is 2.29 bits per heavy atom. The zero-order valence-corrected chi connectivity index (χ0v) is 14.1. The molecule has 0 aliphatic heterocycles. The molecule has 1 saturated carbocycles. The minimum Gasteiger partial charge on any atom is -0.382 e. The van der Waals surface area contributed by atoms with Gasteiger partial charge in [-0.1, -0.05) is 6.42 Å². The summed E-state index contributed by atoms with van der Waals surface area (Å²) in [5.41, 5.74) is 0.436. The van der Waals surface area contributed by atoms with Crippen LogP contribution in [0.25, 0.3) is 0 Å². The number of aromatic nitrogens is 2. The van der Waals surface area contributed by atoms with Crippen LogP contribution in [0.15, 0.2) is 15.5 Å². The highest BCUT2D eigenvalue weighted by Gasteiger charge is 2.20. The smallest absolute Gasteiger partial charge is 0.291 e. The lowest BCUT2D eigenvalue weighted by Gasteiger charge is -2.25. The maximum Gasteiger partial charge on any atom is 0.291 e. The second-order valence-electron chi connectivity index (χ2n) is 5.35. The van der Waals surface area contributed by atoms with E-state index in [1.807, 2.05) is 0 Å². The van der Waals surface area contributed by atoms with Crippen LogP contribution in [0.4, 0.5) is 5.69 Å². The second-order valence-corrected chi connectivity index (χ2v) is 6.20. The Morgan fingerprint density at radius 1 is 1.52 bits per heavy atom. The van der Waals surface area contributed by atoms with Gasteiger partial charge in [0.05, 0.1) is 23.4 Å². The first kappa shape index (κ1) is 16.5. The minimum atomic E-state index is -0.102. The molecule has 1 atom stereocenters. The molecule has 21 heavy (non-hydrogen) atoms. The molecule has 6 nitrogen and oxygen atoms in total. The van der Waals surface area contributed by atoms with E-state index >= 15 is 0 Å². The van der Waals surface area contributed by atoms with E-state index in [9.17, 15) is 4.79 Å². The zero-order valence-electron chi connectivity index (χ0n) is 12.5. The summed E-state index contributed by atoms with van der Waals surface area (Å²) in [6, 6.07) is 0. The highest BCUT2D eigenvalue weighted by Crippen LogP contribution is 2.27. The van der Waals surface area contributed by atoms with Crippen molar-refractivity contribution in [2.24, 2.45) is 5.92 Å². The van der Waals surface area contributed by atoms with Gasteiger partial charge in [0, 0.05) is 27.3 Å². The van der Waals surface area contributed by atoms with Gasteiger partial charge in [0.2, 0.25) is 0 Å². The van der Waals surface area contributed by atoms with Crippen LogP contribution in [-0.2, 0) is 16.0 Å². The predicted octanol–water partition coefficient (Wildman–Crippen LogP) is 1.88. The topological polar surface area (TPSA) is 65.4 Å². The molecule has 0 radical (unpaired) electrons. The van der Waals surface area contributed by atoms with Crippen LogP contribution in [-0.4, -0.2) is 43.3 Å². The van der Waals surface area contributed by atoms with Gasteiger partial charge in [-0.05, 0) is 34.7 Å². The van der Waals surface area contributed by atoms with Crippen molar-refractivity contribution in [1.82, 2.24) is 9.78 Å². The number of nitrogens with zero attached hydrogens (tertiary/aromatic N) is 2. The highest BCUT2D eigenvalue weighted by molar-refractivity contribution is 9.10. The van der Waals surface area contributed by atoms with E-state index in [2.05, 4.69) is 26.3 Å². The average Bonchev–Trinajstić information content (AvgIpc) is 2.43. The second kappa shape index (κ2) is 7.91. The summed E-state index contributed by atoms with van der Waals surface area (Å²) in [6.45, 7) is 1.68. The van der Waals surface area contributed by atoms with Crippen LogP contribution in [0.5, 0.6) is 0 Å². The van der Waals surface area contributed by atoms with Crippen LogP contribution >= 0.6 is 15.9 Å². The molecule has 0 bridgehead atoms. The van der Waals surface area contributed by atoms with E-state index in [0.29, 0.717) is 35.8 Å². The van der Waals surface area contributed by atoms with Gasteiger partial charge in [-0.15, -0.1) is 0 Å². The molecule has 2 rings (SSSR count). The molecule has 1 aliphatic rings. The maximum absolute atomic E-state index is 12.5. The molecular weight excluding hydrogens is 338 g/mol. The molecule has 0 saturated heterocycles. The Labute approximate surface area is 132 Å². The van der Waals surface area contributed by atoms with Crippen molar-refractivity contribution in [3.8, 4) is 0 Å². The van der Waals surface area contributed by atoms with Crippen molar-refractivity contribution in [3.63, 3.8) is 0 Å². The van der Waals surface area contributed by atoms with Gasteiger partial charge < -0.3 is 14.8 Å². The molecule has 1 N–H and O–H groups in total. The highest BCUT2D eigenvalue weighted by atomic mass is 79.9. The number of hydrogen-bond acceptors (Lipinski definition) is 5. The maximum atomic E-state index is 12.5. The molecule has 118 valence electrons. The fourth-order valence-corrected chi connectivity index (χ4v) is 2.69. The molecular formula is C14H22BrN3O3. The standard InChI is InChI=1S/C14H22BrN3O3/c1-20-9-11(21-2)6-16-13-12(15)7-17-18(14(13)19)8-10-4-3-5-10/h7,10-11,16H,3-6,8-9H2,1-2H3. The van der Waals surface area contributed by atoms with Crippen LogP contribution in [0.2, 0.25) is 0 Å². The third kappa shape index (κ3) is 4.28. The lowest BCUT2D eigenvalue weighted by atomic mass is 9.85. The molecule has 1 heterocycles. The normalized spacial score (nSPS) is 16.5. The Kier molecular flexibility index (Phi) is 6.20. The molecule has 0 aromatic carbocycles. The van der Waals surface area contributed by atoms with Gasteiger partial charge in [-0.2, -0.15) is 5.10 Å². The van der Waals surface area contributed by atoms with E-state index in [4.69, 9.17) is 9.47 Å². The van der Waals surface area contributed by atoms with Gasteiger partial charge >= 0.3 is 0 Å². The third-order valence-corrected chi connectivity index (χ3v) is 4.45. The predicted molar refractivity (Wildman–Crippen MR) is 84.7 cm³/mol. The molecule has 1 fully saturated rings. The van der Waals surface area contributed by atoms with Crippen molar-refractivity contribution in [2.75, 3.05) is 32.7 Å². The quantitative estimate of drug-likeness (QED) is 0.767. The number of ether oxygens (including phenoxy) is 2. The summed E-state index contributed by atoms with van der Waals surface area (Å²) < 4.78 is 12.6. The van der Waals surface area contributed by atoms with Gasteiger partial charge in [0.25, 0.3) is 5.56 Å². The Morgan fingerprint density at radius 3 is 2.86 bits per heavy atom. The molecule has 0 spiro atoms. The Balaban J connectivity index is 2.06. The number of nitrogens with one attached hydrogen (secondary N) is 1. The monoisotopic (exact) mass is 359 g/mol. The minimum absolute atomic E-state index is 0.0939. The van der Waals surface area contributed by atoms with Crippen LogP contribution in [0, 0.1) is 5.92 Å². The van der Waals surface area contributed by atoms with E-state index in [1.165, 1.54) is 19.3 Å². The largest absolute Gasteiger partial charge is 0.382 e. The zero-order chi connectivity index (χ0) is 15.2. The summed E-state index contributed by atoms with van der Waals surface area (Å²) in [6.07, 6.45) is 5.20. The van der Waals surface area contributed by atoms with Crippen molar-refractivity contribution in [2.45, 2.75) is 31.9 Å². The van der Waals surface area contributed by atoms with Crippen molar-refractivity contribution < 1.29 is 9.47 Å². The molecule has 1 aromatic rings. The van der Waals surface area contributed by atoms with E-state index in [0.717, 1.165) is 0 Å². The first-order valence-electron chi connectivity index (χ1n) is 7.17. The summed E-state index contributed by atoms with van der Waals surface area (Å²) in [4.78, 5) is 12.5. The molecule has 7 heteroatoms. The van der Waals surface area contributed by atoms with E-state index < -0.39 is 0 Å².